The van der Waals surface area contributed by atoms with Gasteiger partial charge in [0.25, 0.3) is 0 Å². The SMILES string of the molecule is [2H]C1C(C([2H])(C)C)=CN=C(c2[c-]cc(C)cc2)C1[2H].[2H]c1nc(-c2[c-]cccc3ccc(C)nc3sc2)c([2H])c([2H])c1[2H].[Ir]. The van der Waals surface area contributed by atoms with E-state index in [1.54, 1.807) is 31.5 Å². The predicted molar refractivity (Wildman–Crippen MR) is 153 cm³/mol. The standard InChI is InChI=1S/C17H13N2S.C15H18N.Ir/c1-13-9-10-14-6-2-3-7-15(12-20-17(14)19-13)16-8-4-5-11-18-16;1-11(2)14-8-9-15(16-10-14)13-6-4-12(3)5-7-13;/h2-6,8-12H,1H3;4-6,10-11H,8-9H2,1-3H3;/q2*-1;/i4D,5D,8D,11D;8D,9D,11D;. The molecule has 0 saturated heterocycles. The van der Waals surface area contributed by atoms with Crippen molar-refractivity contribution in [3.05, 3.63) is 119 Å². The Morgan fingerprint density at radius 1 is 1.05 bits per heavy atom. The smallest absolute Gasteiger partial charge is 0.113 e. The molecule has 0 aliphatic carbocycles. The number of fused-ring (bicyclic) bond motifs is 1. The summed E-state index contributed by atoms with van der Waals surface area (Å²) in [5.74, 6) is -0.863. The van der Waals surface area contributed by atoms with E-state index in [4.69, 9.17) is 9.60 Å². The number of aryl methyl sites for hydroxylation is 2. The maximum absolute atomic E-state index is 8.17. The number of pyridine rings is 2. The quantitative estimate of drug-likeness (QED) is 0.203. The minimum Gasteiger partial charge on any atom is -0.309 e. The minimum absolute atomic E-state index is 0. The summed E-state index contributed by atoms with van der Waals surface area (Å²) in [6.45, 7) is 7.35. The molecule has 1 radical (unpaired) electrons. The number of rotatable bonds is 3. The molecule has 2 atom stereocenters. The average molecular weight is 689 g/mol. The number of hydrogen-bond donors (Lipinski definition) is 0. The van der Waals surface area contributed by atoms with E-state index in [2.05, 4.69) is 27.1 Å². The van der Waals surface area contributed by atoms with Crippen LogP contribution in [0.3, 0.4) is 0 Å². The molecule has 37 heavy (non-hydrogen) atoms. The molecular weight excluding hydrogens is 651 g/mol. The fourth-order valence-electron chi connectivity index (χ4n) is 3.20. The molecule has 5 heteroatoms. The van der Waals surface area contributed by atoms with Gasteiger partial charge in [0.1, 0.15) is 4.83 Å². The average Bonchev–Trinajstić information content (AvgIpc) is 3.06. The van der Waals surface area contributed by atoms with Crippen LogP contribution in [0.25, 0.3) is 21.5 Å². The summed E-state index contributed by atoms with van der Waals surface area (Å²) in [5.41, 5.74) is 4.59. The molecule has 1 aliphatic heterocycles. The van der Waals surface area contributed by atoms with E-state index >= 15 is 0 Å². The maximum atomic E-state index is 8.17. The van der Waals surface area contributed by atoms with Crippen LogP contribution in [0.4, 0.5) is 0 Å². The molecule has 0 spiro atoms. The zero-order valence-corrected chi connectivity index (χ0v) is 24.2. The molecule has 3 aromatic heterocycles. The van der Waals surface area contributed by atoms with E-state index in [1.807, 2.05) is 56.3 Å². The molecule has 5 rings (SSSR count). The Balaban J connectivity index is 0.000000241. The van der Waals surface area contributed by atoms with Crippen LogP contribution < -0.4 is 0 Å². The Hall–Kier alpha value is -2.98. The summed E-state index contributed by atoms with van der Waals surface area (Å²) in [4.78, 5) is 13.6. The third kappa shape index (κ3) is 8.26. The molecule has 3 nitrogen and oxygen atoms in total. The summed E-state index contributed by atoms with van der Waals surface area (Å²) in [6.07, 6.45) is -0.236. The van der Waals surface area contributed by atoms with Crippen LogP contribution in [-0.4, -0.2) is 15.7 Å². The Kier molecular flexibility index (Phi) is 7.63. The van der Waals surface area contributed by atoms with Crippen molar-refractivity contribution >= 4 is 27.3 Å². The molecule has 0 N–H and O–H groups in total. The van der Waals surface area contributed by atoms with E-state index in [0.717, 1.165) is 27.0 Å². The van der Waals surface area contributed by atoms with Crippen molar-refractivity contribution in [3.63, 3.8) is 0 Å². The maximum Gasteiger partial charge on any atom is 0.113 e. The summed E-state index contributed by atoms with van der Waals surface area (Å²) < 4.78 is 55.4. The normalized spacial score (nSPS) is 19.4. The van der Waals surface area contributed by atoms with Gasteiger partial charge in [0.05, 0.1) is 5.48 Å². The number of benzene rings is 1. The molecule has 0 amide bonds. The molecule has 0 bridgehead atoms. The van der Waals surface area contributed by atoms with Gasteiger partial charge in [0, 0.05) is 47.7 Å². The first-order valence-corrected chi connectivity index (χ1v) is 12.3. The Labute approximate surface area is 248 Å². The number of allylic oxidation sites excluding steroid dienone is 1. The summed E-state index contributed by atoms with van der Waals surface area (Å²) in [7, 11) is 0. The second-order valence-electron chi connectivity index (χ2n) is 8.33. The van der Waals surface area contributed by atoms with Crippen LogP contribution in [0.2, 0.25) is 0 Å². The van der Waals surface area contributed by atoms with Crippen molar-refractivity contribution in [2.45, 2.75) is 40.5 Å². The number of nitrogens with zero attached hydrogens (tertiary/aromatic N) is 3. The number of aliphatic imine (C=N–C) groups is 1. The van der Waals surface area contributed by atoms with Gasteiger partial charge in [0.2, 0.25) is 0 Å². The first-order valence-electron chi connectivity index (χ1n) is 15.1. The van der Waals surface area contributed by atoms with Gasteiger partial charge in [0.15, 0.2) is 0 Å². The molecule has 0 saturated carbocycles. The van der Waals surface area contributed by atoms with Gasteiger partial charge in [-0.05, 0) is 49.1 Å². The van der Waals surface area contributed by atoms with Gasteiger partial charge >= 0.3 is 0 Å². The van der Waals surface area contributed by atoms with Gasteiger partial charge in [-0.1, -0.05) is 55.9 Å². The van der Waals surface area contributed by atoms with E-state index in [0.29, 0.717) is 16.8 Å². The van der Waals surface area contributed by atoms with Crippen LogP contribution >= 0.6 is 11.3 Å². The third-order valence-corrected chi connectivity index (χ3v) is 6.14. The van der Waals surface area contributed by atoms with Crippen molar-refractivity contribution in [2.75, 3.05) is 0 Å². The van der Waals surface area contributed by atoms with E-state index in [-0.39, 0.29) is 50.1 Å². The fraction of sp³-hybridized carbons (Fsp3) is 0.219. The van der Waals surface area contributed by atoms with Gasteiger partial charge in [-0.3, -0.25) is 0 Å². The molecule has 1 aromatic carbocycles. The summed E-state index contributed by atoms with van der Waals surface area (Å²) in [6, 6.07) is 20.4. The molecule has 4 heterocycles. The van der Waals surface area contributed by atoms with Crippen molar-refractivity contribution in [3.8, 4) is 11.3 Å². The first-order chi connectivity index (χ1) is 20.3. The fourth-order valence-corrected chi connectivity index (χ4v) is 4.07. The van der Waals surface area contributed by atoms with Crippen LogP contribution in [0, 0.1) is 31.9 Å². The molecule has 4 aromatic rings. The molecule has 0 fully saturated rings. The molecule has 2 unspecified atom stereocenters. The van der Waals surface area contributed by atoms with E-state index in [1.165, 1.54) is 11.3 Å². The second kappa shape index (κ2) is 14.1. The summed E-state index contributed by atoms with van der Waals surface area (Å²) in [5, 5.41) is 2.74. The summed E-state index contributed by atoms with van der Waals surface area (Å²) >= 11 is 1.38. The monoisotopic (exact) mass is 689 g/mol. The number of hydrogen-bond acceptors (Lipinski definition) is 4. The zero-order valence-electron chi connectivity index (χ0n) is 28.0. The largest absolute Gasteiger partial charge is 0.309 e. The van der Waals surface area contributed by atoms with Crippen LogP contribution in [0.15, 0.2) is 95.0 Å². The number of aromatic nitrogens is 2. The molecular formula is C32H31IrN3S-2. The molecule has 191 valence electrons. The van der Waals surface area contributed by atoms with Crippen molar-refractivity contribution in [1.82, 2.24) is 9.97 Å². The van der Waals surface area contributed by atoms with Crippen molar-refractivity contribution in [2.24, 2.45) is 10.9 Å². The van der Waals surface area contributed by atoms with Crippen molar-refractivity contribution < 1.29 is 29.7 Å². The van der Waals surface area contributed by atoms with Gasteiger partial charge in [-0.25, -0.2) is 4.98 Å². The Morgan fingerprint density at radius 2 is 1.92 bits per heavy atom. The minimum atomic E-state index is -0.863. The second-order valence-corrected chi connectivity index (χ2v) is 9.18. The van der Waals surface area contributed by atoms with Crippen molar-refractivity contribution in [1.29, 1.82) is 0 Å². The predicted octanol–water partition coefficient (Wildman–Crippen LogP) is 8.51. The third-order valence-electron chi connectivity index (χ3n) is 5.24. The van der Waals surface area contributed by atoms with E-state index < -0.39 is 18.7 Å². The van der Waals surface area contributed by atoms with Gasteiger partial charge in [-0.2, -0.15) is 11.3 Å². The van der Waals surface area contributed by atoms with Crippen LogP contribution in [-0.2, 0) is 20.1 Å². The van der Waals surface area contributed by atoms with Gasteiger partial charge < -0.3 is 9.98 Å². The first kappa shape index (κ1) is 20.0. The Morgan fingerprint density at radius 3 is 2.70 bits per heavy atom. The van der Waals surface area contributed by atoms with Gasteiger partial charge in [-0.15, -0.1) is 59.2 Å². The molecule has 1 aliphatic rings. The zero-order chi connectivity index (χ0) is 31.5. The van der Waals surface area contributed by atoms with Crippen LogP contribution in [0.1, 0.15) is 53.1 Å². The van der Waals surface area contributed by atoms with Crippen LogP contribution in [0.5, 0.6) is 0 Å². The topological polar surface area (TPSA) is 38.1 Å². The Bertz CT molecular complexity index is 1760. The van der Waals surface area contributed by atoms with E-state index in [9.17, 15) is 0 Å².